The Balaban J connectivity index is 2.21. The number of phenols is 2. The van der Waals surface area contributed by atoms with Crippen molar-refractivity contribution in [1.29, 1.82) is 0 Å². The summed E-state index contributed by atoms with van der Waals surface area (Å²) in [6.07, 6.45) is 1.37. The molecule has 0 spiro atoms. The molecule has 0 bridgehead atoms. The molecule has 1 rings (SSSR count). The van der Waals surface area contributed by atoms with Crippen LogP contribution < -0.4 is 10.6 Å². The largest absolute Gasteiger partial charge is 0.504 e. The van der Waals surface area contributed by atoms with E-state index in [1.807, 2.05) is 6.92 Å². The minimum absolute atomic E-state index is 0.0397. The van der Waals surface area contributed by atoms with Crippen LogP contribution in [0.1, 0.15) is 25.3 Å². The van der Waals surface area contributed by atoms with Gasteiger partial charge in [0.1, 0.15) is 0 Å². The zero-order chi connectivity index (χ0) is 13.4. The highest BCUT2D eigenvalue weighted by Crippen LogP contribution is 2.24. The monoisotopic (exact) mass is 252 g/mol. The maximum absolute atomic E-state index is 11.3. The fourth-order valence-corrected chi connectivity index (χ4v) is 1.47. The minimum atomic E-state index is -0.130. The Morgan fingerprint density at radius 2 is 2.00 bits per heavy atom. The Morgan fingerprint density at radius 3 is 2.67 bits per heavy atom. The first-order valence-electron chi connectivity index (χ1n) is 6.11. The normalized spacial score (nSPS) is 10.3. The average molecular weight is 252 g/mol. The second-order valence-corrected chi connectivity index (χ2v) is 4.10. The van der Waals surface area contributed by atoms with Gasteiger partial charge in [-0.05, 0) is 24.1 Å². The van der Waals surface area contributed by atoms with Crippen LogP contribution in [0.3, 0.4) is 0 Å². The number of aromatic hydroxyl groups is 2. The van der Waals surface area contributed by atoms with Crippen molar-refractivity contribution in [2.45, 2.75) is 26.3 Å². The van der Waals surface area contributed by atoms with E-state index in [-0.39, 0.29) is 17.4 Å². The molecule has 100 valence electrons. The van der Waals surface area contributed by atoms with Crippen molar-refractivity contribution in [3.05, 3.63) is 23.8 Å². The quantitative estimate of drug-likeness (QED) is 0.433. The number of benzene rings is 1. The third-order valence-electron chi connectivity index (χ3n) is 2.47. The zero-order valence-electron chi connectivity index (χ0n) is 10.6. The molecule has 0 heterocycles. The molecular weight excluding hydrogens is 232 g/mol. The number of carbonyl (C=O) groups is 1. The molecule has 1 aromatic carbocycles. The van der Waals surface area contributed by atoms with Gasteiger partial charge in [0, 0.05) is 26.1 Å². The fraction of sp³-hybridized carbons (Fsp3) is 0.462. The summed E-state index contributed by atoms with van der Waals surface area (Å²) in [4.78, 5) is 11.3. The van der Waals surface area contributed by atoms with Crippen LogP contribution in [-0.2, 0) is 11.3 Å². The molecule has 0 aromatic heterocycles. The van der Waals surface area contributed by atoms with Gasteiger partial charge in [-0.2, -0.15) is 0 Å². The maximum Gasteiger partial charge on any atom is 0.221 e. The predicted octanol–water partition coefficient (Wildman–Crippen LogP) is 1.10. The Bertz CT molecular complexity index is 394. The lowest BCUT2D eigenvalue weighted by atomic mass is 10.2. The maximum atomic E-state index is 11.3. The smallest absolute Gasteiger partial charge is 0.221 e. The molecule has 18 heavy (non-hydrogen) atoms. The molecule has 0 saturated carbocycles. The number of hydrogen-bond acceptors (Lipinski definition) is 4. The number of phenolic OH excluding ortho intramolecular Hbond substituents is 2. The Hall–Kier alpha value is -1.75. The summed E-state index contributed by atoms with van der Waals surface area (Å²) in [5, 5.41) is 24.3. The van der Waals surface area contributed by atoms with Crippen LogP contribution in [0.15, 0.2) is 18.2 Å². The molecular formula is C13H20N2O3. The third kappa shape index (κ3) is 5.05. The van der Waals surface area contributed by atoms with Crippen molar-refractivity contribution < 1.29 is 15.0 Å². The number of rotatable bonds is 7. The van der Waals surface area contributed by atoms with Crippen LogP contribution in [-0.4, -0.2) is 29.2 Å². The van der Waals surface area contributed by atoms with Gasteiger partial charge < -0.3 is 20.8 Å². The predicted molar refractivity (Wildman–Crippen MR) is 69.4 cm³/mol. The third-order valence-corrected chi connectivity index (χ3v) is 2.47. The number of hydrogen-bond donors (Lipinski definition) is 4. The van der Waals surface area contributed by atoms with Crippen LogP contribution >= 0.6 is 0 Å². The van der Waals surface area contributed by atoms with E-state index < -0.39 is 0 Å². The summed E-state index contributed by atoms with van der Waals surface area (Å²) in [6, 6.07) is 4.67. The Kier molecular flexibility index (Phi) is 6.00. The molecule has 0 unspecified atom stereocenters. The summed E-state index contributed by atoms with van der Waals surface area (Å²) in [5.41, 5.74) is 0.860. The number of nitrogens with one attached hydrogen (secondary N) is 2. The van der Waals surface area contributed by atoms with Crippen molar-refractivity contribution in [3.8, 4) is 11.5 Å². The van der Waals surface area contributed by atoms with Gasteiger partial charge in [-0.1, -0.05) is 13.0 Å². The second kappa shape index (κ2) is 7.55. The molecule has 0 saturated heterocycles. The van der Waals surface area contributed by atoms with E-state index in [1.165, 1.54) is 12.1 Å². The minimum Gasteiger partial charge on any atom is -0.504 e. The van der Waals surface area contributed by atoms with Crippen LogP contribution in [0.2, 0.25) is 0 Å². The van der Waals surface area contributed by atoms with E-state index >= 15 is 0 Å². The SMILES string of the molecule is CCCNC(=O)CCNCc1ccc(O)c(O)c1. The lowest BCUT2D eigenvalue weighted by Gasteiger charge is -2.06. The Morgan fingerprint density at radius 1 is 1.22 bits per heavy atom. The molecule has 5 nitrogen and oxygen atoms in total. The van der Waals surface area contributed by atoms with Gasteiger partial charge in [0.25, 0.3) is 0 Å². The molecule has 0 radical (unpaired) electrons. The van der Waals surface area contributed by atoms with Crippen LogP contribution in [0.4, 0.5) is 0 Å². The summed E-state index contributed by atoms with van der Waals surface area (Å²) in [7, 11) is 0. The highest BCUT2D eigenvalue weighted by atomic mass is 16.3. The molecule has 5 heteroatoms. The topological polar surface area (TPSA) is 81.6 Å². The van der Waals surface area contributed by atoms with Crippen LogP contribution in [0.5, 0.6) is 11.5 Å². The molecule has 0 aliphatic rings. The van der Waals surface area contributed by atoms with Gasteiger partial charge in [-0.3, -0.25) is 4.79 Å². The first-order chi connectivity index (χ1) is 8.63. The van der Waals surface area contributed by atoms with E-state index in [9.17, 15) is 9.90 Å². The van der Waals surface area contributed by atoms with Crippen molar-refractivity contribution in [2.24, 2.45) is 0 Å². The van der Waals surface area contributed by atoms with E-state index in [0.717, 1.165) is 12.0 Å². The van der Waals surface area contributed by atoms with Gasteiger partial charge in [-0.15, -0.1) is 0 Å². The molecule has 1 amide bonds. The van der Waals surface area contributed by atoms with Gasteiger partial charge >= 0.3 is 0 Å². The molecule has 1 aromatic rings. The number of carbonyl (C=O) groups excluding carboxylic acids is 1. The average Bonchev–Trinajstić information content (AvgIpc) is 2.36. The van der Waals surface area contributed by atoms with Gasteiger partial charge in [0.15, 0.2) is 11.5 Å². The summed E-state index contributed by atoms with van der Waals surface area (Å²) >= 11 is 0. The molecule has 0 atom stereocenters. The summed E-state index contributed by atoms with van der Waals surface area (Å²) in [6.45, 7) is 3.85. The first-order valence-corrected chi connectivity index (χ1v) is 6.11. The van der Waals surface area contributed by atoms with Crippen LogP contribution in [0.25, 0.3) is 0 Å². The van der Waals surface area contributed by atoms with Crippen molar-refractivity contribution >= 4 is 5.91 Å². The second-order valence-electron chi connectivity index (χ2n) is 4.10. The van der Waals surface area contributed by atoms with Crippen molar-refractivity contribution in [2.75, 3.05) is 13.1 Å². The van der Waals surface area contributed by atoms with Gasteiger partial charge in [0.2, 0.25) is 5.91 Å². The highest BCUT2D eigenvalue weighted by molar-refractivity contribution is 5.75. The zero-order valence-corrected chi connectivity index (χ0v) is 10.6. The van der Waals surface area contributed by atoms with Gasteiger partial charge in [0.05, 0.1) is 0 Å². The fourth-order valence-electron chi connectivity index (χ4n) is 1.47. The lowest BCUT2D eigenvalue weighted by Crippen LogP contribution is -2.27. The van der Waals surface area contributed by atoms with Crippen molar-refractivity contribution in [1.82, 2.24) is 10.6 Å². The molecule has 4 N–H and O–H groups in total. The summed E-state index contributed by atoms with van der Waals surface area (Å²) < 4.78 is 0. The van der Waals surface area contributed by atoms with Crippen molar-refractivity contribution in [3.63, 3.8) is 0 Å². The molecule has 0 aliphatic carbocycles. The molecule has 0 fully saturated rings. The van der Waals surface area contributed by atoms with Gasteiger partial charge in [-0.25, -0.2) is 0 Å². The van der Waals surface area contributed by atoms with E-state index in [2.05, 4.69) is 10.6 Å². The lowest BCUT2D eigenvalue weighted by molar-refractivity contribution is -0.120. The standard InChI is InChI=1S/C13H20N2O3/c1-2-6-15-13(18)5-7-14-9-10-3-4-11(16)12(17)8-10/h3-4,8,14,16-17H,2,5-7,9H2,1H3,(H,15,18). The van der Waals surface area contributed by atoms with E-state index in [1.54, 1.807) is 6.07 Å². The first kappa shape index (κ1) is 14.3. The number of amides is 1. The summed E-state index contributed by atoms with van der Waals surface area (Å²) in [5.74, 6) is -0.217. The molecule has 0 aliphatic heterocycles. The Labute approximate surface area is 107 Å². The van der Waals surface area contributed by atoms with Crippen LogP contribution in [0, 0.1) is 0 Å². The van der Waals surface area contributed by atoms with E-state index in [0.29, 0.717) is 26.1 Å². The highest BCUT2D eigenvalue weighted by Gasteiger charge is 2.02. The van der Waals surface area contributed by atoms with E-state index in [4.69, 9.17) is 5.11 Å².